The number of aliphatic hydroxyl groups excluding tert-OH is 14. The molecule has 0 spiro atoms. The van der Waals surface area contributed by atoms with Crippen LogP contribution in [0.5, 0.6) is 0 Å². The fourth-order valence-corrected chi connectivity index (χ4v) is 8.23. The maximum absolute atomic E-state index is 12.6. The van der Waals surface area contributed by atoms with Crippen LogP contribution in [0.4, 0.5) is 0 Å². The van der Waals surface area contributed by atoms with Crippen molar-refractivity contribution >= 4 is 17.7 Å². The first kappa shape index (κ1) is 53.4. The molecule has 376 valence electrons. The van der Waals surface area contributed by atoms with Crippen molar-refractivity contribution in [2.45, 2.75) is 174 Å². The van der Waals surface area contributed by atoms with E-state index in [1.165, 1.54) is 0 Å². The molecule has 29 nitrogen and oxygen atoms in total. The highest BCUT2D eigenvalue weighted by molar-refractivity contribution is 5.74. The Morgan fingerprint density at radius 1 is 0.369 bits per heavy atom. The molecular formula is C36H61N3O26. The normalized spacial score (nSPS) is 47.1. The van der Waals surface area contributed by atoms with Crippen molar-refractivity contribution < 1.29 is 129 Å². The van der Waals surface area contributed by atoms with E-state index in [1.54, 1.807) is 0 Å². The van der Waals surface area contributed by atoms with Gasteiger partial charge in [-0.2, -0.15) is 0 Å². The van der Waals surface area contributed by atoms with Crippen LogP contribution in [0.2, 0.25) is 0 Å². The third kappa shape index (κ3) is 11.9. The van der Waals surface area contributed by atoms with E-state index in [0.717, 1.165) is 20.8 Å². The summed E-state index contributed by atoms with van der Waals surface area (Å²) in [6.07, 6.45) is -40.6. The summed E-state index contributed by atoms with van der Waals surface area (Å²) in [4.78, 5) is 37.3. The average molecular weight is 952 g/mol. The van der Waals surface area contributed by atoms with Gasteiger partial charge >= 0.3 is 0 Å². The van der Waals surface area contributed by atoms with Crippen LogP contribution >= 0.6 is 0 Å². The first-order valence-electron chi connectivity index (χ1n) is 20.6. The Kier molecular flexibility index (Phi) is 19.1. The molecule has 5 heterocycles. The lowest BCUT2D eigenvalue weighted by Crippen LogP contribution is -2.71. The van der Waals surface area contributed by atoms with Gasteiger partial charge in [-0.3, -0.25) is 14.4 Å². The van der Waals surface area contributed by atoms with Gasteiger partial charge in [-0.15, -0.1) is 0 Å². The largest absolute Gasteiger partial charge is 0.394 e. The Morgan fingerprint density at radius 3 is 1.06 bits per heavy atom. The Morgan fingerprint density at radius 2 is 0.662 bits per heavy atom. The van der Waals surface area contributed by atoms with Crippen LogP contribution in [0.3, 0.4) is 0 Å². The van der Waals surface area contributed by atoms with Crippen LogP contribution in [0, 0.1) is 0 Å². The second-order valence-electron chi connectivity index (χ2n) is 16.2. The molecule has 25 atom stereocenters. The molecule has 0 unspecified atom stereocenters. The summed E-state index contributed by atoms with van der Waals surface area (Å²) in [6.45, 7) is -1.54. The highest BCUT2D eigenvalue weighted by atomic mass is 16.8. The van der Waals surface area contributed by atoms with Crippen LogP contribution in [0.1, 0.15) is 20.8 Å². The fraction of sp³-hybridized carbons (Fsp3) is 0.917. The lowest BCUT2D eigenvalue weighted by molar-refractivity contribution is -0.378. The predicted molar refractivity (Wildman–Crippen MR) is 201 cm³/mol. The zero-order chi connectivity index (χ0) is 48.2. The number of aliphatic hydroxyl groups is 14. The van der Waals surface area contributed by atoms with Gasteiger partial charge < -0.3 is 130 Å². The molecule has 0 aliphatic carbocycles. The highest BCUT2D eigenvalue weighted by Crippen LogP contribution is 2.36. The van der Waals surface area contributed by atoms with E-state index in [2.05, 4.69) is 16.0 Å². The molecule has 5 fully saturated rings. The zero-order valence-electron chi connectivity index (χ0n) is 35.1. The van der Waals surface area contributed by atoms with Crippen molar-refractivity contribution in [1.29, 1.82) is 0 Å². The molecule has 17 N–H and O–H groups in total. The van der Waals surface area contributed by atoms with Crippen LogP contribution in [0.25, 0.3) is 0 Å². The van der Waals surface area contributed by atoms with Crippen molar-refractivity contribution in [3.05, 3.63) is 0 Å². The smallest absolute Gasteiger partial charge is 0.217 e. The highest BCUT2D eigenvalue weighted by Gasteiger charge is 2.57. The maximum atomic E-state index is 12.6. The summed E-state index contributed by atoms with van der Waals surface area (Å²) >= 11 is 0. The second kappa shape index (κ2) is 23.2. The lowest BCUT2D eigenvalue weighted by Gasteiger charge is -2.51. The van der Waals surface area contributed by atoms with E-state index in [4.69, 9.17) is 42.6 Å². The second-order valence-corrected chi connectivity index (χ2v) is 16.2. The summed E-state index contributed by atoms with van der Waals surface area (Å²) in [7, 11) is 0. The standard InChI is InChI=1S/C36H61N3O26/c1-9(45)37-17-28(21(49)13(5-41)57-32(17)56)62-33-18(38-10(2)46)30(23(51)14(6-42)58-33)64-36-27(55)31(24(52)16(8-44)61-36)65-34-19(39-11(3)47)29(22(50)15(7-43)59-34)63-35-26(54)25(53)20(48)12(4-40)60-35/h12-36,40-44,48-56H,4-8H2,1-3H3,(H,37,45)(H,38,46)(H,39,47)/t12-,13-,14-,15-,16-,17-,18-,19-,20+,21+,22-,23-,24+,25+,26-,27-,28-,29-,30-,31+,32-,33+,34+,35+,36+/m1/s1. The van der Waals surface area contributed by atoms with Crippen molar-refractivity contribution in [2.24, 2.45) is 0 Å². The number of hydrogen-bond acceptors (Lipinski definition) is 26. The van der Waals surface area contributed by atoms with Crippen LogP contribution < -0.4 is 16.0 Å². The summed E-state index contributed by atoms with van der Waals surface area (Å²) in [5, 5.41) is 156. The molecule has 5 aliphatic heterocycles. The summed E-state index contributed by atoms with van der Waals surface area (Å²) < 4.78 is 51.7. The summed E-state index contributed by atoms with van der Waals surface area (Å²) in [5.74, 6) is -2.36. The van der Waals surface area contributed by atoms with Gasteiger partial charge in [0.2, 0.25) is 17.7 Å². The number of nitrogens with one attached hydrogen (secondary N) is 3. The maximum Gasteiger partial charge on any atom is 0.217 e. The minimum Gasteiger partial charge on any atom is -0.394 e. The molecule has 0 aromatic carbocycles. The molecule has 65 heavy (non-hydrogen) atoms. The average Bonchev–Trinajstić information content (AvgIpc) is 3.25. The number of hydrogen-bond donors (Lipinski definition) is 17. The zero-order valence-corrected chi connectivity index (χ0v) is 35.1. The van der Waals surface area contributed by atoms with Crippen molar-refractivity contribution in [1.82, 2.24) is 16.0 Å². The molecular weight excluding hydrogens is 890 g/mol. The van der Waals surface area contributed by atoms with Crippen molar-refractivity contribution in [3.8, 4) is 0 Å². The Labute approximate surface area is 369 Å². The Bertz CT molecular complexity index is 1560. The Balaban J connectivity index is 1.46. The van der Waals surface area contributed by atoms with E-state index in [1.807, 2.05) is 0 Å². The van der Waals surface area contributed by atoms with Gasteiger partial charge in [0, 0.05) is 20.8 Å². The van der Waals surface area contributed by atoms with Crippen molar-refractivity contribution in [3.63, 3.8) is 0 Å². The monoisotopic (exact) mass is 951 g/mol. The van der Waals surface area contributed by atoms with Crippen LogP contribution in [0.15, 0.2) is 0 Å². The van der Waals surface area contributed by atoms with Gasteiger partial charge in [0.25, 0.3) is 0 Å². The SMILES string of the molecule is CC(=O)N[C@@H]1[C@@H](O[C@@H]2O[C@H](CO)[C@@H](O)[C@H](O[C@@H]3O[C@H](CO)[C@H](O)[C@H](O[C@@H]4O[C@H](CO)[C@@H](O)[C@H](O[C@@H]5O[C@H](CO)[C@H](O)[C@H](O)[C@H]5O)[C@H]4NC(C)=O)[C@H]3O)[C@H]2NC(C)=O)[C@@H](O)[C@@H](CO)O[C@H]1O. The molecule has 0 radical (unpaired) electrons. The van der Waals surface area contributed by atoms with Gasteiger partial charge in [-0.05, 0) is 0 Å². The third-order valence-electron chi connectivity index (χ3n) is 11.5. The molecule has 0 aromatic rings. The molecule has 3 amide bonds. The molecule has 0 bridgehead atoms. The first-order chi connectivity index (χ1) is 30.7. The summed E-state index contributed by atoms with van der Waals surface area (Å²) in [6, 6.07) is -4.95. The molecule has 0 aromatic heterocycles. The summed E-state index contributed by atoms with van der Waals surface area (Å²) in [5.41, 5.74) is 0. The fourth-order valence-electron chi connectivity index (χ4n) is 8.23. The molecule has 5 rings (SSSR count). The van der Waals surface area contributed by atoms with E-state index in [-0.39, 0.29) is 0 Å². The number of rotatable bonds is 16. The van der Waals surface area contributed by atoms with Crippen molar-refractivity contribution in [2.75, 3.05) is 33.0 Å². The lowest BCUT2D eigenvalue weighted by atomic mass is 9.93. The third-order valence-corrected chi connectivity index (χ3v) is 11.5. The van der Waals surface area contributed by atoms with Crippen LogP contribution in [-0.2, 0) is 57.0 Å². The van der Waals surface area contributed by atoms with E-state index < -0.39 is 204 Å². The van der Waals surface area contributed by atoms with Gasteiger partial charge in [-0.1, -0.05) is 0 Å². The topological polar surface area (TPSA) is 454 Å². The molecule has 5 saturated heterocycles. The van der Waals surface area contributed by atoms with Gasteiger partial charge in [0.05, 0.1) is 33.0 Å². The van der Waals surface area contributed by atoms with E-state index >= 15 is 0 Å². The molecule has 5 aliphatic rings. The van der Waals surface area contributed by atoms with Gasteiger partial charge in [0.15, 0.2) is 31.5 Å². The first-order valence-corrected chi connectivity index (χ1v) is 20.6. The minimum atomic E-state index is -2.21. The quantitative estimate of drug-likeness (QED) is 0.0683. The van der Waals surface area contributed by atoms with Crippen LogP contribution in [-0.4, -0.2) is 276 Å². The molecule has 29 heteroatoms. The van der Waals surface area contributed by atoms with Gasteiger partial charge in [0.1, 0.15) is 122 Å². The number of carbonyl (C=O) groups is 3. The van der Waals surface area contributed by atoms with E-state index in [9.17, 15) is 85.9 Å². The van der Waals surface area contributed by atoms with E-state index in [0.29, 0.717) is 0 Å². The number of amides is 3. The number of ether oxygens (including phenoxy) is 9. The predicted octanol–water partition coefficient (Wildman–Crippen LogP) is -11.5. The number of carbonyl (C=O) groups excluding carboxylic acids is 3. The van der Waals surface area contributed by atoms with Gasteiger partial charge in [-0.25, -0.2) is 0 Å². The molecule has 0 saturated carbocycles. The Hall–Kier alpha value is -2.51. The minimum absolute atomic E-state index is 0.725.